The number of amides is 1. The van der Waals surface area contributed by atoms with Crippen molar-refractivity contribution in [3.05, 3.63) is 35.4 Å². The Labute approximate surface area is 108 Å². The predicted octanol–water partition coefficient (Wildman–Crippen LogP) is 2.81. The molecule has 0 heterocycles. The van der Waals surface area contributed by atoms with Crippen molar-refractivity contribution in [2.45, 2.75) is 38.6 Å². The molecule has 1 aromatic carbocycles. The van der Waals surface area contributed by atoms with Gasteiger partial charge in [-0.3, -0.25) is 4.79 Å². The number of carbonyl (C=O) groups is 1. The number of nitrogens with one attached hydrogen (secondary N) is 1. The minimum absolute atomic E-state index is 0.0170. The van der Waals surface area contributed by atoms with Crippen LogP contribution in [0.3, 0.4) is 0 Å². The van der Waals surface area contributed by atoms with E-state index in [0.717, 1.165) is 36.8 Å². The maximum atomic E-state index is 12.1. The van der Waals surface area contributed by atoms with Gasteiger partial charge in [0.2, 0.25) is 0 Å². The number of rotatable bonds is 2. The number of benzene rings is 1. The fraction of sp³-hybridized carbons (Fsp3) is 0.467. The molecule has 0 aliphatic heterocycles. The first-order valence-corrected chi connectivity index (χ1v) is 6.47. The Morgan fingerprint density at radius 3 is 2.89 bits per heavy atom. The van der Waals surface area contributed by atoms with E-state index in [1.165, 1.54) is 0 Å². The van der Waals surface area contributed by atoms with Gasteiger partial charge >= 0.3 is 0 Å². The summed E-state index contributed by atoms with van der Waals surface area (Å²) in [5, 5.41) is 12.0. The minimum atomic E-state index is -0.0170. The molecule has 1 aliphatic rings. The molecule has 1 saturated carbocycles. The smallest absolute Gasteiger partial charge is 0.251 e. The summed E-state index contributed by atoms with van der Waals surface area (Å²) >= 11 is 0. The normalized spacial score (nSPS) is 23.1. The van der Waals surface area contributed by atoms with Crippen LogP contribution in [0.2, 0.25) is 0 Å². The molecule has 1 N–H and O–H groups in total. The summed E-state index contributed by atoms with van der Waals surface area (Å²) in [6.45, 7) is 1.94. The Kier molecular flexibility index (Phi) is 3.99. The second kappa shape index (κ2) is 5.68. The average molecular weight is 242 g/mol. The molecule has 0 bridgehead atoms. The van der Waals surface area contributed by atoms with E-state index in [-0.39, 0.29) is 17.9 Å². The molecule has 94 valence electrons. The predicted molar refractivity (Wildman–Crippen MR) is 70.0 cm³/mol. The van der Waals surface area contributed by atoms with Gasteiger partial charge in [-0.05, 0) is 37.8 Å². The molecule has 18 heavy (non-hydrogen) atoms. The van der Waals surface area contributed by atoms with Crippen LogP contribution in [0.15, 0.2) is 24.3 Å². The summed E-state index contributed by atoms with van der Waals surface area (Å²) in [6, 6.07) is 10.0. The fourth-order valence-electron chi connectivity index (χ4n) is 2.53. The average Bonchev–Trinajstić information content (AvgIpc) is 2.39. The van der Waals surface area contributed by atoms with E-state index in [4.69, 9.17) is 5.26 Å². The molecule has 0 spiro atoms. The number of hydrogen-bond acceptors (Lipinski definition) is 2. The quantitative estimate of drug-likeness (QED) is 0.867. The van der Waals surface area contributed by atoms with E-state index in [1.54, 1.807) is 0 Å². The highest BCUT2D eigenvalue weighted by molar-refractivity contribution is 5.95. The van der Waals surface area contributed by atoms with E-state index >= 15 is 0 Å². The van der Waals surface area contributed by atoms with Crippen molar-refractivity contribution in [2.75, 3.05) is 0 Å². The molecule has 2 atom stereocenters. The highest BCUT2D eigenvalue weighted by atomic mass is 16.1. The number of nitrogens with zero attached hydrogens (tertiary/aromatic N) is 1. The van der Waals surface area contributed by atoms with Gasteiger partial charge < -0.3 is 5.32 Å². The Balaban J connectivity index is 2.00. The first kappa shape index (κ1) is 12.6. The van der Waals surface area contributed by atoms with Crippen LogP contribution in [-0.2, 0) is 0 Å². The molecule has 0 unspecified atom stereocenters. The lowest BCUT2D eigenvalue weighted by molar-refractivity contribution is 0.0923. The maximum absolute atomic E-state index is 12.1. The molecule has 2 rings (SSSR count). The maximum Gasteiger partial charge on any atom is 0.251 e. The van der Waals surface area contributed by atoms with E-state index in [9.17, 15) is 4.79 Å². The van der Waals surface area contributed by atoms with Gasteiger partial charge in [0.15, 0.2) is 0 Å². The lowest BCUT2D eigenvalue weighted by Crippen LogP contribution is -2.38. The Morgan fingerprint density at radius 2 is 2.17 bits per heavy atom. The molecule has 0 radical (unpaired) electrons. The largest absolute Gasteiger partial charge is 0.349 e. The summed E-state index contributed by atoms with van der Waals surface area (Å²) < 4.78 is 0. The number of carbonyl (C=O) groups excluding carboxylic acids is 1. The van der Waals surface area contributed by atoms with Crippen molar-refractivity contribution in [1.29, 1.82) is 5.26 Å². The molecule has 1 aliphatic carbocycles. The number of aryl methyl sites for hydroxylation is 1. The first-order chi connectivity index (χ1) is 8.70. The highest BCUT2D eigenvalue weighted by Gasteiger charge is 2.23. The molecule has 0 saturated heterocycles. The third-order valence-electron chi connectivity index (χ3n) is 3.58. The minimum Gasteiger partial charge on any atom is -0.349 e. The zero-order valence-corrected chi connectivity index (χ0v) is 10.6. The molecule has 3 heteroatoms. The lowest BCUT2D eigenvalue weighted by Gasteiger charge is -2.26. The zero-order chi connectivity index (χ0) is 13.0. The highest BCUT2D eigenvalue weighted by Crippen LogP contribution is 2.23. The number of nitriles is 1. The third kappa shape index (κ3) is 2.89. The molecule has 0 aromatic heterocycles. The molecular weight excluding hydrogens is 224 g/mol. The Hall–Kier alpha value is -1.82. The van der Waals surface area contributed by atoms with Gasteiger partial charge in [0.05, 0.1) is 6.07 Å². The van der Waals surface area contributed by atoms with Gasteiger partial charge in [-0.15, -0.1) is 0 Å². The molecule has 3 nitrogen and oxygen atoms in total. The van der Waals surface area contributed by atoms with Crippen molar-refractivity contribution >= 4 is 5.91 Å². The van der Waals surface area contributed by atoms with Crippen LogP contribution >= 0.6 is 0 Å². The van der Waals surface area contributed by atoms with E-state index in [2.05, 4.69) is 11.4 Å². The van der Waals surface area contributed by atoms with E-state index in [1.807, 2.05) is 31.2 Å². The summed E-state index contributed by atoms with van der Waals surface area (Å²) in [5.74, 6) is 0.0811. The van der Waals surface area contributed by atoms with E-state index in [0.29, 0.717) is 0 Å². The number of hydrogen-bond donors (Lipinski definition) is 1. The van der Waals surface area contributed by atoms with Crippen LogP contribution in [0, 0.1) is 24.2 Å². The van der Waals surface area contributed by atoms with Crippen molar-refractivity contribution in [2.24, 2.45) is 5.92 Å². The van der Waals surface area contributed by atoms with Crippen LogP contribution in [-0.4, -0.2) is 11.9 Å². The van der Waals surface area contributed by atoms with Gasteiger partial charge in [-0.1, -0.05) is 24.6 Å². The summed E-state index contributed by atoms with van der Waals surface area (Å²) in [4.78, 5) is 12.1. The first-order valence-electron chi connectivity index (χ1n) is 6.47. The van der Waals surface area contributed by atoms with Gasteiger partial charge in [0, 0.05) is 17.5 Å². The Morgan fingerprint density at radius 1 is 1.39 bits per heavy atom. The van der Waals surface area contributed by atoms with Crippen molar-refractivity contribution < 1.29 is 4.79 Å². The molecular formula is C15H18N2O. The summed E-state index contributed by atoms with van der Waals surface area (Å²) in [6.07, 6.45) is 3.76. The SMILES string of the molecule is Cc1ccccc1C(=O)N[C@@H]1CCC[C@H](C#N)C1. The lowest BCUT2D eigenvalue weighted by atomic mass is 9.86. The zero-order valence-electron chi connectivity index (χ0n) is 10.6. The van der Waals surface area contributed by atoms with Crippen LogP contribution in [0.4, 0.5) is 0 Å². The second-order valence-electron chi connectivity index (χ2n) is 4.98. The summed E-state index contributed by atoms with van der Waals surface area (Å²) in [7, 11) is 0. The van der Waals surface area contributed by atoms with Crippen LogP contribution in [0.1, 0.15) is 41.6 Å². The molecule has 1 aromatic rings. The molecule has 1 fully saturated rings. The van der Waals surface area contributed by atoms with Gasteiger partial charge in [0.1, 0.15) is 0 Å². The van der Waals surface area contributed by atoms with Crippen molar-refractivity contribution in [3.63, 3.8) is 0 Å². The third-order valence-corrected chi connectivity index (χ3v) is 3.58. The summed E-state index contributed by atoms with van der Waals surface area (Å²) in [5.41, 5.74) is 1.72. The standard InChI is InChI=1S/C15H18N2O/c1-11-5-2-3-8-14(11)15(18)17-13-7-4-6-12(9-13)10-16/h2-3,5,8,12-13H,4,6-7,9H2,1H3,(H,17,18)/t12-,13+/m0/s1. The monoisotopic (exact) mass is 242 g/mol. The van der Waals surface area contributed by atoms with Gasteiger partial charge in [-0.2, -0.15) is 5.26 Å². The van der Waals surface area contributed by atoms with Crippen molar-refractivity contribution in [1.82, 2.24) is 5.32 Å². The van der Waals surface area contributed by atoms with Gasteiger partial charge in [0.25, 0.3) is 5.91 Å². The van der Waals surface area contributed by atoms with Gasteiger partial charge in [-0.25, -0.2) is 0 Å². The molecule has 1 amide bonds. The van der Waals surface area contributed by atoms with Crippen LogP contribution < -0.4 is 5.32 Å². The Bertz CT molecular complexity index is 476. The van der Waals surface area contributed by atoms with Crippen LogP contribution in [0.25, 0.3) is 0 Å². The van der Waals surface area contributed by atoms with E-state index < -0.39 is 0 Å². The fourth-order valence-corrected chi connectivity index (χ4v) is 2.53. The van der Waals surface area contributed by atoms with Crippen molar-refractivity contribution in [3.8, 4) is 6.07 Å². The topological polar surface area (TPSA) is 52.9 Å². The second-order valence-corrected chi connectivity index (χ2v) is 4.98. The van der Waals surface area contributed by atoms with Crippen LogP contribution in [0.5, 0.6) is 0 Å².